The fourth-order valence-electron chi connectivity index (χ4n) is 5.59. The smallest absolute Gasteiger partial charge is 0.250 e. The quantitative estimate of drug-likeness (QED) is 0.0535. The lowest BCUT2D eigenvalue weighted by Crippen LogP contribution is -2.69. The third-order valence-corrected chi connectivity index (χ3v) is 7.84. The molecule has 17 nitrogen and oxygen atoms in total. The Hall–Kier alpha value is -1.13. The minimum absolute atomic E-state index is 0.0137. The molecule has 0 radical (unpaired) electrons. The second kappa shape index (κ2) is 15.6. The predicted octanol–water partition coefficient (Wildman–Crippen LogP) is -6.37. The average Bonchev–Trinajstić information content (AvgIpc) is 2.91. The number of hydrogen-bond donors (Lipinski definition) is 12. The molecule has 0 unspecified atom stereocenters. The third-order valence-electron chi connectivity index (χ3n) is 7.84. The molecule has 2 aliphatic heterocycles. The Kier molecular flexibility index (Phi) is 13.0. The van der Waals surface area contributed by atoms with E-state index in [1.54, 1.807) is 7.05 Å². The molecule has 41 heavy (non-hydrogen) atoms. The lowest BCUT2D eigenvalue weighted by molar-refractivity contribution is -0.307. The number of hydrogen-bond acceptors (Lipinski definition) is 16. The number of carbonyl (C=O) groups is 1. The van der Waals surface area contributed by atoms with Crippen molar-refractivity contribution >= 4 is 5.91 Å². The molecule has 1 amide bonds. The van der Waals surface area contributed by atoms with Gasteiger partial charge in [0.25, 0.3) is 5.91 Å². The largest absolute Gasteiger partial charge is 0.395 e. The SMILES string of the molecule is CN[C@@H]1[C@@H](O)[C@@H](O[C@@H]2[C@H](O)[C@H](O[C@H]3O[C@H](CNCCO)CC[C@H]3N)[C@@H](N)C[C@H]2NC(=O)[C@@H](O)CNN)OC[C@]1(C)O. The van der Waals surface area contributed by atoms with Crippen LogP contribution in [0.25, 0.3) is 0 Å². The van der Waals surface area contributed by atoms with Gasteiger partial charge in [0.05, 0.1) is 37.4 Å². The van der Waals surface area contributed by atoms with Gasteiger partial charge >= 0.3 is 0 Å². The van der Waals surface area contributed by atoms with Crippen molar-refractivity contribution in [2.75, 3.05) is 39.9 Å². The molecule has 13 atom stereocenters. The number of rotatable bonds is 13. The highest BCUT2D eigenvalue weighted by Gasteiger charge is 2.52. The van der Waals surface area contributed by atoms with Gasteiger partial charge in [-0.2, -0.15) is 0 Å². The van der Waals surface area contributed by atoms with Gasteiger partial charge in [0.2, 0.25) is 0 Å². The zero-order valence-corrected chi connectivity index (χ0v) is 23.6. The Morgan fingerprint density at radius 1 is 1.12 bits per heavy atom. The summed E-state index contributed by atoms with van der Waals surface area (Å²) in [5.41, 5.74) is 13.5. The van der Waals surface area contributed by atoms with Gasteiger partial charge in [0.15, 0.2) is 12.6 Å². The molecule has 1 saturated carbocycles. The summed E-state index contributed by atoms with van der Waals surface area (Å²) in [6.07, 6.45) is -7.69. The zero-order valence-electron chi connectivity index (χ0n) is 23.6. The van der Waals surface area contributed by atoms with Gasteiger partial charge in [-0.25, -0.2) is 0 Å². The molecule has 3 rings (SSSR count). The second-order valence-electron chi connectivity index (χ2n) is 11.2. The topological polar surface area (TPSA) is 281 Å². The third kappa shape index (κ3) is 8.71. The van der Waals surface area contributed by atoms with Crippen LogP contribution in [0.3, 0.4) is 0 Å². The van der Waals surface area contributed by atoms with Crippen molar-refractivity contribution in [2.24, 2.45) is 17.3 Å². The van der Waals surface area contributed by atoms with E-state index in [9.17, 15) is 25.2 Å². The molecule has 15 N–H and O–H groups in total. The van der Waals surface area contributed by atoms with Crippen molar-refractivity contribution in [1.29, 1.82) is 0 Å². The molecule has 0 aromatic rings. The van der Waals surface area contributed by atoms with Gasteiger partial charge in [-0.1, -0.05) is 0 Å². The van der Waals surface area contributed by atoms with E-state index in [2.05, 4.69) is 21.4 Å². The maximum Gasteiger partial charge on any atom is 0.250 e. The number of aliphatic hydroxyl groups is 5. The van der Waals surface area contributed by atoms with E-state index < -0.39 is 78.8 Å². The lowest BCUT2D eigenvalue weighted by atomic mass is 9.83. The summed E-state index contributed by atoms with van der Waals surface area (Å²) < 4.78 is 23.8. The Balaban J connectivity index is 1.78. The number of aliphatic hydroxyl groups excluding tert-OH is 4. The van der Waals surface area contributed by atoms with Gasteiger partial charge in [0.1, 0.15) is 36.1 Å². The van der Waals surface area contributed by atoms with Crippen LogP contribution in [-0.2, 0) is 23.7 Å². The van der Waals surface area contributed by atoms with Crippen molar-refractivity contribution in [3.63, 3.8) is 0 Å². The summed E-state index contributed by atoms with van der Waals surface area (Å²) >= 11 is 0. The van der Waals surface area contributed by atoms with Gasteiger partial charge in [-0.05, 0) is 33.2 Å². The van der Waals surface area contributed by atoms with Crippen molar-refractivity contribution < 1.29 is 49.3 Å². The Labute approximate surface area is 239 Å². The maximum absolute atomic E-state index is 12.6. The number of ether oxygens (including phenoxy) is 4. The van der Waals surface area contributed by atoms with E-state index in [0.717, 1.165) is 0 Å². The van der Waals surface area contributed by atoms with Crippen LogP contribution in [0.2, 0.25) is 0 Å². The van der Waals surface area contributed by atoms with E-state index in [-0.39, 0.29) is 32.3 Å². The van der Waals surface area contributed by atoms with Crippen LogP contribution in [-0.4, -0.2) is 150 Å². The first kappa shape index (κ1) is 34.4. The fourth-order valence-corrected chi connectivity index (χ4v) is 5.59. The number of carbonyl (C=O) groups excluding carboxylic acids is 1. The standard InChI is InChI=1S/C24H49N7O10/c1-24(37)10-38-23(17(35)20(24)28-2)41-19-14(31-21(36)15(33)9-30-27)7-13(26)18(16(19)34)40-22-12(25)4-3-11(39-22)8-29-5-6-32/h11-20,22-23,28-30,32-35,37H,3-10,25-27H2,1-2H3,(H,31,36)/t11-,12+,13-,14+,15-,16+,17+,18+,19-,20+,22+,23+,24-/m0/s1. The molecule has 0 aromatic heterocycles. The van der Waals surface area contributed by atoms with Gasteiger partial charge < -0.3 is 71.9 Å². The zero-order chi connectivity index (χ0) is 30.3. The first-order valence-electron chi connectivity index (χ1n) is 14.0. The highest BCUT2D eigenvalue weighted by atomic mass is 16.7. The molecule has 0 aromatic carbocycles. The van der Waals surface area contributed by atoms with Crippen LogP contribution in [0.4, 0.5) is 0 Å². The first-order chi connectivity index (χ1) is 19.4. The Bertz CT molecular complexity index is 817. The fraction of sp³-hybridized carbons (Fsp3) is 0.958. The van der Waals surface area contributed by atoms with E-state index in [1.807, 2.05) is 0 Å². The van der Waals surface area contributed by atoms with Crippen LogP contribution in [0.15, 0.2) is 0 Å². The number of amides is 1. The van der Waals surface area contributed by atoms with E-state index in [0.29, 0.717) is 25.9 Å². The van der Waals surface area contributed by atoms with Crippen LogP contribution < -0.4 is 38.7 Å². The summed E-state index contributed by atoms with van der Waals surface area (Å²) in [6.45, 7) is 1.96. The maximum atomic E-state index is 12.6. The van der Waals surface area contributed by atoms with Crippen molar-refractivity contribution in [1.82, 2.24) is 21.4 Å². The minimum Gasteiger partial charge on any atom is -0.395 e. The van der Waals surface area contributed by atoms with Crippen LogP contribution in [0.1, 0.15) is 26.2 Å². The number of likely N-dealkylation sites (N-methyl/N-ethyl adjacent to an activating group) is 1. The molecule has 0 spiro atoms. The Morgan fingerprint density at radius 2 is 1.83 bits per heavy atom. The molecule has 0 bridgehead atoms. The average molecular weight is 596 g/mol. The van der Waals surface area contributed by atoms with E-state index in [4.69, 9.17) is 41.4 Å². The molecule has 2 heterocycles. The number of hydrazine groups is 1. The lowest BCUT2D eigenvalue weighted by Gasteiger charge is -2.49. The van der Waals surface area contributed by atoms with Crippen molar-refractivity contribution in [2.45, 2.75) is 105 Å². The molecule has 1 aliphatic carbocycles. The van der Waals surface area contributed by atoms with Gasteiger partial charge in [-0.15, -0.1) is 0 Å². The summed E-state index contributed by atoms with van der Waals surface area (Å²) in [6, 6.07) is -3.07. The molecular weight excluding hydrogens is 546 g/mol. The van der Waals surface area contributed by atoms with E-state index in [1.165, 1.54) is 6.92 Å². The summed E-state index contributed by atoms with van der Waals surface area (Å²) in [4.78, 5) is 12.6. The monoisotopic (exact) mass is 595 g/mol. The minimum atomic E-state index is -1.49. The molecular formula is C24H49N7O10. The van der Waals surface area contributed by atoms with Crippen LogP contribution in [0, 0.1) is 0 Å². The summed E-state index contributed by atoms with van der Waals surface area (Å²) in [7, 11) is 1.57. The molecule has 17 heteroatoms. The van der Waals surface area contributed by atoms with Gasteiger partial charge in [0, 0.05) is 25.7 Å². The van der Waals surface area contributed by atoms with Crippen LogP contribution >= 0.6 is 0 Å². The number of nitrogens with two attached hydrogens (primary N) is 3. The van der Waals surface area contributed by atoms with Crippen LogP contribution in [0.5, 0.6) is 0 Å². The Morgan fingerprint density at radius 3 is 2.49 bits per heavy atom. The van der Waals surface area contributed by atoms with Crippen molar-refractivity contribution in [3.8, 4) is 0 Å². The first-order valence-corrected chi connectivity index (χ1v) is 14.0. The number of nitrogens with one attached hydrogen (secondary N) is 4. The normalized spacial score (nSPS) is 42.5. The molecule has 3 fully saturated rings. The predicted molar refractivity (Wildman–Crippen MR) is 144 cm³/mol. The highest BCUT2D eigenvalue weighted by molar-refractivity contribution is 5.81. The summed E-state index contributed by atoms with van der Waals surface area (Å²) in [5, 5.41) is 60.7. The molecule has 3 aliphatic rings. The highest BCUT2D eigenvalue weighted by Crippen LogP contribution is 2.32. The second-order valence-corrected chi connectivity index (χ2v) is 11.2. The van der Waals surface area contributed by atoms with Gasteiger partial charge in [-0.3, -0.25) is 16.1 Å². The van der Waals surface area contributed by atoms with E-state index >= 15 is 0 Å². The molecule has 2 saturated heterocycles. The molecule has 240 valence electrons. The van der Waals surface area contributed by atoms with Crippen molar-refractivity contribution in [3.05, 3.63) is 0 Å². The summed E-state index contributed by atoms with van der Waals surface area (Å²) in [5.74, 6) is 4.44.